The second-order valence-corrected chi connectivity index (χ2v) is 8.97. The van der Waals surface area contributed by atoms with Crippen molar-refractivity contribution in [3.63, 3.8) is 0 Å². The molecule has 0 fully saturated rings. The summed E-state index contributed by atoms with van der Waals surface area (Å²) in [5.41, 5.74) is 2.05. The van der Waals surface area contributed by atoms with E-state index < -0.39 is 0 Å². The molecule has 1 aliphatic rings. The van der Waals surface area contributed by atoms with E-state index in [4.69, 9.17) is 11.6 Å². The number of carbonyl (C=O) groups is 1. The molecule has 0 unspecified atom stereocenters. The number of nitrogens with one attached hydrogen (secondary N) is 2. The zero-order chi connectivity index (χ0) is 19.7. The number of thiophene rings is 1. The van der Waals surface area contributed by atoms with Gasteiger partial charge in [0.1, 0.15) is 10.7 Å². The van der Waals surface area contributed by atoms with E-state index >= 15 is 0 Å². The number of H-pyrrole nitrogens is 1. The Bertz CT molecular complexity index is 1090. The molecule has 0 spiro atoms. The van der Waals surface area contributed by atoms with Crippen LogP contribution in [0.5, 0.6) is 0 Å². The third-order valence-corrected chi connectivity index (χ3v) is 6.57. The Morgan fingerprint density at radius 3 is 3.11 bits per heavy atom. The molecule has 0 bridgehead atoms. The summed E-state index contributed by atoms with van der Waals surface area (Å²) < 4.78 is 0. The predicted octanol–water partition coefficient (Wildman–Crippen LogP) is 4.01. The zero-order valence-electron chi connectivity index (χ0n) is 15.7. The Morgan fingerprint density at radius 2 is 2.29 bits per heavy atom. The van der Waals surface area contributed by atoms with Crippen LogP contribution in [0.2, 0.25) is 5.02 Å². The minimum atomic E-state index is -0.0815. The van der Waals surface area contributed by atoms with Crippen LogP contribution in [0.4, 0.5) is 0 Å². The number of halogens is 1. The highest BCUT2D eigenvalue weighted by Gasteiger charge is 2.23. The van der Waals surface area contributed by atoms with Crippen molar-refractivity contribution in [2.45, 2.75) is 45.6 Å². The molecule has 3 aromatic rings. The topological polar surface area (TPSA) is 74.8 Å². The van der Waals surface area contributed by atoms with Crippen LogP contribution in [-0.2, 0) is 30.6 Å². The lowest BCUT2D eigenvalue weighted by atomic mass is 9.89. The normalized spacial score (nSPS) is 16.1. The van der Waals surface area contributed by atoms with Crippen molar-refractivity contribution >= 4 is 39.1 Å². The number of fused-ring (bicyclic) bond motifs is 3. The molecule has 146 valence electrons. The van der Waals surface area contributed by atoms with Crippen molar-refractivity contribution in [2.75, 3.05) is 0 Å². The van der Waals surface area contributed by atoms with Gasteiger partial charge in [-0.3, -0.25) is 9.59 Å². The Kier molecular flexibility index (Phi) is 5.51. The molecule has 1 atom stereocenters. The molecule has 7 heteroatoms. The smallest absolute Gasteiger partial charge is 0.259 e. The van der Waals surface area contributed by atoms with Gasteiger partial charge in [-0.2, -0.15) is 0 Å². The lowest BCUT2D eigenvalue weighted by Gasteiger charge is -2.17. The molecular weight excluding hydrogens is 394 g/mol. The molecular formula is C21H22ClN3O2S. The molecule has 1 amide bonds. The van der Waals surface area contributed by atoms with Gasteiger partial charge in [-0.25, -0.2) is 4.98 Å². The van der Waals surface area contributed by atoms with Gasteiger partial charge in [-0.1, -0.05) is 30.7 Å². The predicted molar refractivity (Wildman–Crippen MR) is 113 cm³/mol. The second-order valence-electron chi connectivity index (χ2n) is 7.45. The highest BCUT2D eigenvalue weighted by atomic mass is 35.5. The second kappa shape index (κ2) is 8.05. The van der Waals surface area contributed by atoms with Crippen molar-refractivity contribution in [1.82, 2.24) is 15.3 Å². The van der Waals surface area contributed by atoms with Gasteiger partial charge in [-0.15, -0.1) is 11.3 Å². The number of benzene rings is 1. The number of hydrogen-bond acceptors (Lipinski definition) is 4. The monoisotopic (exact) mass is 415 g/mol. The van der Waals surface area contributed by atoms with Crippen LogP contribution < -0.4 is 10.9 Å². The van der Waals surface area contributed by atoms with Gasteiger partial charge in [0.25, 0.3) is 5.56 Å². The van der Waals surface area contributed by atoms with Crippen molar-refractivity contribution in [3.8, 4) is 0 Å². The average Bonchev–Trinajstić information content (AvgIpc) is 3.02. The summed E-state index contributed by atoms with van der Waals surface area (Å²) in [4.78, 5) is 34.4. The molecule has 0 aliphatic heterocycles. The molecule has 5 nitrogen and oxygen atoms in total. The van der Waals surface area contributed by atoms with E-state index in [0.717, 1.165) is 35.0 Å². The highest BCUT2D eigenvalue weighted by Crippen LogP contribution is 2.35. The summed E-state index contributed by atoms with van der Waals surface area (Å²) in [6.45, 7) is 2.68. The van der Waals surface area contributed by atoms with E-state index in [1.165, 1.54) is 10.4 Å². The number of amides is 1. The number of rotatable bonds is 5. The number of aromatic nitrogens is 2. The summed E-state index contributed by atoms with van der Waals surface area (Å²) in [6, 6.07) is 7.40. The third-order valence-electron chi connectivity index (χ3n) is 5.18. The number of aryl methyl sites for hydroxylation is 2. The first kappa shape index (κ1) is 19.2. The van der Waals surface area contributed by atoms with Crippen molar-refractivity contribution < 1.29 is 4.79 Å². The van der Waals surface area contributed by atoms with Crippen molar-refractivity contribution in [1.29, 1.82) is 0 Å². The van der Waals surface area contributed by atoms with Crippen LogP contribution in [0.3, 0.4) is 0 Å². The van der Waals surface area contributed by atoms with E-state index in [2.05, 4.69) is 22.2 Å². The number of hydrogen-bond donors (Lipinski definition) is 2. The molecule has 4 rings (SSSR count). The standard InChI is InChI=1S/C21H22ClN3O2S/c1-12-5-6-15-16(9-12)28-21-19(15)20(27)24-17(25-21)7-8-18(26)23-11-13-3-2-4-14(22)10-13/h2-4,10,12H,5-9,11H2,1H3,(H,23,26)(H,24,25,27)/t12-/m0/s1. The van der Waals surface area contributed by atoms with Gasteiger partial charge < -0.3 is 10.3 Å². The van der Waals surface area contributed by atoms with Gasteiger partial charge >= 0.3 is 0 Å². The van der Waals surface area contributed by atoms with Crippen LogP contribution in [0.15, 0.2) is 29.1 Å². The van der Waals surface area contributed by atoms with Gasteiger partial charge in [0.2, 0.25) is 5.91 Å². The summed E-state index contributed by atoms with van der Waals surface area (Å²) in [7, 11) is 0. The fraction of sp³-hybridized carbons (Fsp3) is 0.381. The number of aromatic amines is 1. The highest BCUT2D eigenvalue weighted by molar-refractivity contribution is 7.18. The molecule has 0 saturated heterocycles. The summed E-state index contributed by atoms with van der Waals surface area (Å²) in [5.74, 6) is 1.14. The van der Waals surface area contributed by atoms with Gasteiger partial charge in [0.05, 0.1) is 5.39 Å². The van der Waals surface area contributed by atoms with Gasteiger partial charge in [-0.05, 0) is 48.4 Å². The molecule has 0 saturated carbocycles. The largest absolute Gasteiger partial charge is 0.352 e. The van der Waals surface area contributed by atoms with E-state index in [1.54, 1.807) is 17.4 Å². The van der Waals surface area contributed by atoms with E-state index in [-0.39, 0.29) is 17.9 Å². The lowest BCUT2D eigenvalue weighted by molar-refractivity contribution is -0.121. The fourth-order valence-corrected chi connectivity index (χ4v) is 5.29. The Balaban J connectivity index is 1.42. The first-order chi connectivity index (χ1) is 13.5. The van der Waals surface area contributed by atoms with Crippen molar-refractivity contribution in [2.24, 2.45) is 5.92 Å². The number of nitrogens with zero attached hydrogens (tertiary/aromatic N) is 1. The summed E-state index contributed by atoms with van der Waals surface area (Å²) in [6.07, 6.45) is 3.78. The van der Waals surface area contributed by atoms with Crippen LogP contribution in [0.1, 0.15) is 41.6 Å². The number of carbonyl (C=O) groups excluding carboxylic acids is 1. The quantitative estimate of drug-likeness (QED) is 0.661. The summed E-state index contributed by atoms with van der Waals surface area (Å²) >= 11 is 7.59. The molecule has 2 N–H and O–H groups in total. The molecule has 1 aliphatic carbocycles. The first-order valence-electron chi connectivity index (χ1n) is 9.54. The van der Waals surface area contributed by atoms with Gasteiger partial charge in [0.15, 0.2) is 0 Å². The van der Waals surface area contributed by atoms with E-state index in [0.29, 0.717) is 29.7 Å². The molecule has 28 heavy (non-hydrogen) atoms. The van der Waals surface area contributed by atoms with Crippen LogP contribution in [0.25, 0.3) is 10.2 Å². The van der Waals surface area contributed by atoms with E-state index in [9.17, 15) is 9.59 Å². The first-order valence-corrected chi connectivity index (χ1v) is 10.7. The maximum absolute atomic E-state index is 12.6. The third kappa shape index (κ3) is 4.13. The maximum Gasteiger partial charge on any atom is 0.259 e. The Labute approximate surface area is 172 Å². The van der Waals surface area contributed by atoms with Crippen LogP contribution in [0, 0.1) is 5.92 Å². The molecule has 2 aromatic heterocycles. The molecule has 2 heterocycles. The molecule has 0 radical (unpaired) electrons. The van der Waals surface area contributed by atoms with E-state index in [1.807, 2.05) is 18.2 Å². The summed E-state index contributed by atoms with van der Waals surface area (Å²) in [5, 5.41) is 4.28. The van der Waals surface area contributed by atoms with Gasteiger partial charge in [0, 0.05) is 29.3 Å². The minimum Gasteiger partial charge on any atom is -0.352 e. The minimum absolute atomic E-state index is 0.0774. The fourth-order valence-electron chi connectivity index (χ4n) is 3.68. The Hall–Kier alpha value is -2.18. The lowest BCUT2D eigenvalue weighted by Crippen LogP contribution is -2.23. The van der Waals surface area contributed by atoms with Crippen LogP contribution in [-0.4, -0.2) is 15.9 Å². The molecule has 1 aromatic carbocycles. The zero-order valence-corrected chi connectivity index (χ0v) is 17.3. The Morgan fingerprint density at radius 1 is 1.43 bits per heavy atom. The van der Waals surface area contributed by atoms with Crippen LogP contribution >= 0.6 is 22.9 Å². The SMILES string of the molecule is C[C@H]1CCc2c(sc3nc(CCC(=O)NCc4cccc(Cl)c4)[nH]c(=O)c23)C1. The maximum atomic E-state index is 12.6. The average molecular weight is 416 g/mol. The van der Waals surface area contributed by atoms with Crippen molar-refractivity contribution in [3.05, 3.63) is 61.5 Å².